The van der Waals surface area contributed by atoms with Gasteiger partial charge >= 0.3 is 0 Å². The molecule has 1 aromatic heterocycles. The molecular formula is C19H22N4O2. The highest BCUT2D eigenvalue weighted by Gasteiger charge is 2.41. The summed E-state index contributed by atoms with van der Waals surface area (Å²) in [4.78, 5) is 25.9. The van der Waals surface area contributed by atoms with Crippen molar-refractivity contribution >= 4 is 11.9 Å². The van der Waals surface area contributed by atoms with Crippen LogP contribution in [0.15, 0.2) is 42.7 Å². The Labute approximate surface area is 147 Å². The number of amides is 1. The molecule has 25 heavy (non-hydrogen) atoms. The first-order chi connectivity index (χ1) is 12.3. The number of methoxy groups -OCH3 is 1. The summed E-state index contributed by atoms with van der Waals surface area (Å²) >= 11 is 0. The van der Waals surface area contributed by atoms with Gasteiger partial charge in [-0.2, -0.15) is 0 Å². The van der Waals surface area contributed by atoms with Gasteiger partial charge in [-0.1, -0.05) is 18.2 Å². The van der Waals surface area contributed by atoms with E-state index in [4.69, 9.17) is 4.74 Å². The highest BCUT2D eigenvalue weighted by Crippen LogP contribution is 2.33. The molecule has 4 rings (SSSR count). The molecule has 2 atom stereocenters. The molecule has 2 fully saturated rings. The van der Waals surface area contributed by atoms with E-state index in [1.807, 2.05) is 35.2 Å². The van der Waals surface area contributed by atoms with Gasteiger partial charge in [0.25, 0.3) is 5.91 Å². The molecule has 6 heteroatoms. The number of ether oxygens (including phenoxy) is 1. The quantitative estimate of drug-likeness (QED) is 0.859. The number of piperidine rings is 1. The summed E-state index contributed by atoms with van der Waals surface area (Å²) in [6.45, 7) is 2.55. The van der Waals surface area contributed by atoms with E-state index < -0.39 is 0 Å². The molecule has 3 heterocycles. The minimum atomic E-state index is 0.130. The number of aromatic nitrogens is 2. The van der Waals surface area contributed by atoms with Gasteiger partial charge in [-0.3, -0.25) is 4.79 Å². The van der Waals surface area contributed by atoms with Crippen molar-refractivity contribution in [2.45, 2.75) is 18.9 Å². The Balaban J connectivity index is 1.51. The van der Waals surface area contributed by atoms with E-state index in [0.29, 0.717) is 17.6 Å². The van der Waals surface area contributed by atoms with Crippen molar-refractivity contribution < 1.29 is 9.53 Å². The molecular weight excluding hydrogens is 316 g/mol. The fourth-order valence-electron chi connectivity index (χ4n) is 3.90. The van der Waals surface area contributed by atoms with Gasteiger partial charge < -0.3 is 14.5 Å². The Kier molecular flexibility index (Phi) is 4.26. The van der Waals surface area contributed by atoms with Crippen molar-refractivity contribution in [2.24, 2.45) is 5.92 Å². The Morgan fingerprint density at radius 3 is 2.56 bits per heavy atom. The molecule has 0 saturated carbocycles. The van der Waals surface area contributed by atoms with E-state index in [1.54, 1.807) is 19.5 Å². The number of carbonyl (C=O) groups excluding carboxylic acids is 1. The van der Waals surface area contributed by atoms with E-state index in [2.05, 4.69) is 14.9 Å². The van der Waals surface area contributed by atoms with Gasteiger partial charge in [0.1, 0.15) is 0 Å². The molecule has 130 valence electrons. The van der Waals surface area contributed by atoms with Crippen molar-refractivity contribution in [1.82, 2.24) is 14.9 Å². The average molecular weight is 338 g/mol. The summed E-state index contributed by atoms with van der Waals surface area (Å²) in [5, 5.41) is 0. The number of anilines is 1. The summed E-state index contributed by atoms with van der Waals surface area (Å²) in [5.74, 6) is 2.06. The highest BCUT2D eigenvalue weighted by atomic mass is 16.5. The van der Waals surface area contributed by atoms with Gasteiger partial charge in [0, 0.05) is 25.2 Å². The number of likely N-dealkylation sites (tertiary alicyclic amines) is 1. The van der Waals surface area contributed by atoms with Crippen LogP contribution in [0.5, 0.6) is 5.75 Å². The number of fused-ring (bicyclic) bond motifs is 1. The van der Waals surface area contributed by atoms with Crippen molar-refractivity contribution in [3.63, 3.8) is 0 Å². The van der Waals surface area contributed by atoms with Crippen LogP contribution in [-0.2, 0) is 0 Å². The smallest absolute Gasteiger partial charge is 0.254 e. The minimum Gasteiger partial charge on any atom is -0.494 e. The maximum atomic E-state index is 12.9. The first-order valence-corrected chi connectivity index (χ1v) is 8.73. The Morgan fingerprint density at radius 2 is 1.84 bits per heavy atom. The Hall–Kier alpha value is -2.63. The summed E-state index contributed by atoms with van der Waals surface area (Å²) < 4.78 is 5.13. The van der Waals surface area contributed by atoms with Gasteiger partial charge in [0.2, 0.25) is 5.95 Å². The standard InChI is InChI=1S/C19H22N4O2/c1-25-16-11-20-19(21-12-16)22-9-7-14-8-10-23(17(14)13-22)18(24)15-5-3-2-4-6-15/h2-6,11-12,14,17H,7-10,13H2,1H3. The van der Waals surface area contributed by atoms with E-state index in [-0.39, 0.29) is 11.9 Å². The van der Waals surface area contributed by atoms with E-state index in [9.17, 15) is 4.79 Å². The maximum Gasteiger partial charge on any atom is 0.254 e. The van der Waals surface area contributed by atoms with Crippen LogP contribution in [0.3, 0.4) is 0 Å². The minimum absolute atomic E-state index is 0.130. The predicted octanol–water partition coefficient (Wildman–Crippen LogP) is 2.23. The maximum absolute atomic E-state index is 12.9. The van der Waals surface area contributed by atoms with Crippen LogP contribution in [0.25, 0.3) is 0 Å². The molecule has 2 unspecified atom stereocenters. The van der Waals surface area contributed by atoms with Crippen LogP contribution in [0, 0.1) is 5.92 Å². The lowest BCUT2D eigenvalue weighted by Crippen LogP contribution is -2.50. The largest absolute Gasteiger partial charge is 0.494 e. The fourth-order valence-corrected chi connectivity index (χ4v) is 3.90. The number of carbonyl (C=O) groups is 1. The number of nitrogens with zero attached hydrogens (tertiary/aromatic N) is 4. The summed E-state index contributed by atoms with van der Waals surface area (Å²) in [6.07, 6.45) is 5.53. The lowest BCUT2D eigenvalue weighted by Gasteiger charge is -2.38. The second-order valence-electron chi connectivity index (χ2n) is 6.64. The number of benzene rings is 1. The topological polar surface area (TPSA) is 58.6 Å². The predicted molar refractivity (Wildman–Crippen MR) is 94.8 cm³/mol. The molecule has 1 aromatic carbocycles. The zero-order valence-corrected chi connectivity index (χ0v) is 14.3. The van der Waals surface area contributed by atoms with Crippen LogP contribution in [-0.4, -0.2) is 53.6 Å². The first kappa shape index (κ1) is 15.9. The SMILES string of the molecule is COc1cnc(N2CCC3CCN(C(=O)c4ccccc4)C3C2)nc1. The first-order valence-electron chi connectivity index (χ1n) is 8.73. The molecule has 6 nitrogen and oxygen atoms in total. The van der Waals surface area contributed by atoms with Crippen LogP contribution in [0.1, 0.15) is 23.2 Å². The molecule has 0 radical (unpaired) electrons. The van der Waals surface area contributed by atoms with E-state index in [1.165, 1.54) is 0 Å². The van der Waals surface area contributed by atoms with Crippen LogP contribution >= 0.6 is 0 Å². The van der Waals surface area contributed by atoms with Gasteiger partial charge in [0.15, 0.2) is 5.75 Å². The van der Waals surface area contributed by atoms with Gasteiger partial charge in [0.05, 0.1) is 25.5 Å². The zero-order chi connectivity index (χ0) is 17.2. The van der Waals surface area contributed by atoms with Crippen LogP contribution < -0.4 is 9.64 Å². The van der Waals surface area contributed by atoms with Gasteiger partial charge in [-0.15, -0.1) is 0 Å². The van der Waals surface area contributed by atoms with Crippen molar-refractivity contribution in [3.8, 4) is 5.75 Å². The molecule has 0 aliphatic carbocycles. The monoisotopic (exact) mass is 338 g/mol. The van der Waals surface area contributed by atoms with Gasteiger partial charge in [-0.25, -0.2) is 9.97 Å². The van der Waals surface area contributed by atoms with Gasteiger partial charge in [-0.05, 0) is 30.9 Å². The zero-order valence-electron chi connectivity index (χ0n) is 14.3. The van der Waals surface area contributed by atoms with Crippen LogP contribution in [0.2, 0.25) is 0 Å². The van der Waals surface area contributed by atoms with Crippen molar-refractivity contribution in [2.75, 3.05) is 31.6 Å². The number of hydrogen-bond donors (Lipinski definition) is 0. The fraction of sp³-hybridized carbons (Fsp3) is 0.421. The Bertz CT molecular complexity index is 735. The lowest BCUT2D eigenvalue weighted by molar-refractivity contribution is 0.0712. The molecule has 0 spiro atoms. The van der Waals surface area contributed by atoms with Crippen molar-refractivity contribution in [1.29, 1.82) is 0 Å². The molecule has 0 N–H and O–H groups in total. The van der Waals surface area contributed by atoms with Crippen molar-refractivity contribution in [3.05, 3.63) is 48.3 Å². The number of hydrogen-bond acceptors (Lipinski definition) is 5. The Morgan fingerprint density at radius 1 is 1.12 bits per heavy atom. The molecule has 2 saturated heterocycles. The molecule has 0 bridgehead atoms. The highest BCUT2D eigenvalue weighted by molar-refractivity contribution is 5.94. The second kappa shape index (κ2) is 6.70. The molecule has 2 aromatic rings. The molecule has 1 amide bonds. The lowest BCUT2D eigenvalue weighted by atomic mass is 9.92. The summed E-state index contributed by atoms with van der Waals surface area (Å²) in [5.41, 5.74) is 0.765. The summed E-state index contributed by atoms with van der Waals surface area (Å²) in [6, 6.07) is 9.78. The average Bonchev–Trinajstić information content (AvgIpc) is 3.11. The third-order valence-electron chi connectivity index (χ3n) is 5.28. The normalized spacial score (nSPS) is 22.6. The van der Waals surface area contributed by atoms with Crippen LogP contribution in [0.4, 0.5) is 5.95 Å². The number of rotatable bonds is 3. The molecule has 2 aliphatic rings. The van der Waals surface area contributed by atoms with E-state index in [0.717, 1.165) is 38.0 Å². The van der Waals surface area contributed by atoms with E-state index >= 15 is 0 Å². The third kappa shape index (κ3) is 3.04. The second-order valence-corrected chi connectivity index (χ2v) is 6.64. The third-order valence-corrected chi connectivity index (χ3v) is 5.28. The summed E-state index contributed by atoms with van der Waals surface area (Å²) in [7, 11) is 1.61. The molecule has 2 aliphatic heterocycles.